The van der Waals surface area contributed by atoms with Gasteiger partial charge in [0.1, 0.15) is 6.33 Å². The quantitative estimate of drug-likeness (QED) is 0.539. The summed E-state index contributed by atoms with van der Waals surface area (Å²) in [4.78, 5) is 23.3. The molecule has 0 fully saturated rings. The normalized spacial score (nSPS) is 9.95. The molecule has 3 N–H and O–H groups in total. The third-order valence-corrected chi connectivity index (χ3v) is 2.63. The van der Waals surface area contributed by atoms with E-state index in [9.17, 15) is 4.79 Å². The fourth-order valence-electron chi connectivity index (χ4n) is 1.52. The molecule has 0 unspecified atom stereocenters. The Morgan fingerprint density at radius 1 is 1.47 bits per heavy atom. The van der Waals surface area contributed by atoms with E-state index in [1.165, 1.54) is 18.3 Å². The van der Waals surface area contributed by atoms with E-state index in [0.717, 1.165) is 0 Å². The number of carbonyl (C=O) groups is 1. The molecule has 1 heterocycles. The van der Waals surface area contributed by atoms with Crippen LogP contribution < -0.4 is 20.9 Å². The Bertz CT molecular complexity index is 437. The van der Waals surface area contributed by atoms with Crippen molar-refractivity contribution in [3.8, 4) is 5.75 Å². The smallest absolute Gasteiger partial charge is 0.241 e. The van der Waals surface area contributed by atoms with Gasteiger partial charge in [0.15, 0.2) is 11.6 Å². The van der Waals surface area contributed by atoms with E-state index < -0.39 is 0 Å². The van der Waals surface area contributed by atoms with Crippen LogP contribution in [0.15, 0.2) is 6.33 Å². The second kappa shape index (κ2) is 6.74. The van der Waals surface area contributed by atoms with Crippen molar-refractivity contribution in [3.63, 3.8) is 0 Å². The van der Waals surface area contributed by atoms with Gasteiger partial charge in [0.05, 0.1) is 13.7 Å². The van der Waals surface area contributed by atoms with Gasteiger partial charge in [-0.3, -0.25) is 4.79 Å². The first-order valence-electron chi connectivity index (χ1n) is 5.85. The molecule has 8 nitrogen and oxygen atoms in total. The van der Waals surface area contributed by atoms with Gasteiger partial charge >= 0.3 is 0 Å². The highest BCUT2D eigenvalue weighted by Gasteiger charge is 2.19. The van der Waals surface area contributed by atoms with Gasteiger partial charge in [-0.1, -0.05) is 0 Å². The second-order valence-electron chi connectivity index (χ2n) is 4.03. The van der Waals surface area contributed by atoms with Gasteiger partial charge in [0, 0.05) is 20.6 Å². The van der Waals surface area contributed by atoms with E-state index >= 15 is 0 Å². The van der Waals surface area contributed by atoms with Gasteiger partial charge in [-0.05, 0) is 6.92 Å². The highest BCUT2D eigenvalue weighted by Crippen LogP contribution is 2.30. The maximum Gasteiger partial charge on any atom is 0.241 e. The van der Waals surface area contributed by atoms with E-state index in [1.807, 2.05) is 6.92 Å². The lowest BCUT2D eigenvalue weighted by atomic mass is 10.3. The summed E-state index contributed by atoms with van der Waals surface area (Å²) < 4.78 is 5.26. The molecule has 106 valence electrons. The van der Waals surface area contributed by atoms with Crippen molar-refractivity contribution in [2.45, 2.75) is 6.92 Å². The molecule has 0 radical (unpaired) electrons. The first-order valence-corrected chi connectivity index (χ1v) is 5.85. The Labute approximate surface area is 112 Å². The third-order valence-electron chi connectivity index (χ3n) is 2.63. The third kappa shape index (κ3) is 3.44. The lowest BCUT2D eigenvalue weighted by Gasteiger charge is -2.25. The lowest BCUT2D eigenvalue weighted by Crippen LogP contribution is -2.37. The maximum absolute atomic E-state index is 11.8. The number of hydrazine groups is 1. The Kier molecular flexibility index (Phi) is 5.31. The number of anilines is 2. The summed E-state index contributed by atoms with van der Waals surface area (Å²) in [5.74, 6) is 6.67. The summed E-state index contributed by atoms with van der Waals surface area (Å²) in [5.41, 5.74) is 2.44. The number of nitrogens with one attached hydrogen (secondary N) is 1. The SMILES string of the molecule is CCN(CC(=O)N(C)C)c1ncnc(NN)c1OC. The van der Waals surface area contributed by atoms with Crippen molar-refractivity contribution in [2.24, 2.45) is 5.84 Å². The molecule has 1 aromatic heterocycles. The zero-order valence-corrected chi connectivity index (χ0v) is 11.7. The first kappa shape index (κ1) is 15.0. The van der Waals surface area contributed by atoms with Gasteiger partial charge in [-0.25, -0.2) is 15.8 Å². The molecule has 1 rings (SSSR count). The van der Waals surface area contributed by atoms with Crippen molar-refractivity contribution < 1.29 is 9.53 Å². The van der Waals surface area contributed by atoms with E-state index in [4.69, 9.17) is 10.6 Å². The Morgan fingerprint density at radius 2 is 2.16 bits per heavy atom. The predicted octanol–water partition coefficient (Wildman–Crippen LogP) is -0.315. The van der Waals surface area contributed by atoms with Crippen LogP contribution in [-0.4, -0.2) is 55.1 Å². The molecule has 1 amide bonds. The van der Waals surface area contributed by atoms with Crippen LogP contribution in [0.25, 0.3) is 0 Å². The Balaban J connectivity index is 3.07. The number of ether oxygens (including phenoxy) is 1. The molecule has 0 aliphatic rings. The van der Waals surface area contributed by atoms with E-state index in [-0.39, 0.29) is 12.5 Å². The average Bonchev–Trinajstić information content (AvgIpc) is 2.43. The van der Waals surface area contributed by atoms with E-state index in [0.29, 0.717) is 23.9 Å². The van der Waals surface area contributed by atoms with E-state index in [2.05, 4.69) is 15.4 Å². The van der Waals surface area contributed by atoms with Gasteiger partial charge in [0.2, 0.25) is 11.7 Å². The van der Waals surface area contributed by atoms with Crippen LogP contribution in [0.4, 0.5) is 11.6 Å². The standard InChI is InChI=1S/C11H20N6O2/c1-5-17(6-8(18)16(2)3)11-9(19-4)10(15-12)13-7-14-11/h7H,5-6,12H2,1-4H3,(H,13,14,15). The number of hydrogen-bond acceptors (Lipinski definition) is 7. The van der Waals surface area contributed by atoms with Crippen molar-refractivity contribution in [2.75, 3.05) is 44.6 Å². The van der Waals surface area contributed by atoms with Gasteiger partial charge < -0.3 is 20.0 Å². The molecule has 1 aromatic rings. The highest BCUT2D eigenvalue weighted by atomic mass is 16.5. The number of nitrogens with two attached hydrogens (primary N) is 1. The molecule has 19 heavy (non-hydrogen) atoms. The van der Waals surface area contributed by atoms with Crippen molar-refractivity contribution in [1.82, 2.24) is 14.9 Å². The molecule has 0 aromatic carbocycles. The summed E-state index contributed by atoms with van der Waals surface area (Å²) in [6.07, 6.45) is 1.37. The maximum atomic E-state index is 11.8. The number of carbonyl (C=O) groups excluding carboxylic acids is 1. The van der Waals surface area contributed by atoms with Crippen molar-refractivity contribution in [3.05, 3.63) is 6.33 Å². The number of rotatable bonds is 6. The second-order valence-corrected chi connectivity index (χ2v) is 4.03. The number of nitrogens with zero attached hydrogens (tertiary/aromatic N) is 4. The molecule has 0 bridgehead atoms. The van der Waals surface area contributed by atoms with Crippen LogP contribution in [-0.2, 0) is 4.79 Å². The summed E-state index contributed by atoms with van der Waals surface area (Å²) >= 11 is 0. The summed E-state index contributed by atoms with van der Waals surface area (Å²) in [5, 5.41) is 0. The van der Waals surface area contributed by atoms with Crippen molar-refractivity contribution in [1.29, 1.82) is 0 Å². The van der Waals surface area contributed by atoms with Crippen LogP contribution in [0, 0.1) is 0 Å². The largest absolute Gasteiger partial charge is 0.490 e. The van der Waals surface area contributed by atoms with Gasteiger partial charge in [-0.2, -0.15) is 0 Å². The van der Waals surface area contributed by atoms with Gasteiger partial charge in [0.25, 0.3) is 0 Å². The fourth-order valence-corrected chi connectivity index (χ4v) is 1.52. The number of aromatic nitrogens is 2. The highest BCUT2D eigenvalue weighted by molar-refractivity contribution is 5.81. The minimum atomic E-state index is -0.0234. The Morgan fingerprint density at radius 3 is 2.63 bits per heavy atom. The molecule has 0 saturated heterocycles. The molecule has 0 spiro atoms. The van der Waals surface area contributed by atoms with Crippen LogP contribution in [0.2, 0.25) is 0 Å². The lowest BCUT2D eigenvalue weighted by molar-refractivity contribution is -0.127. The minimum Gasteiger partial charge on any atom is -0.490 e. The Hall–Kier alpha value is -2.09. The van der Waals surface area contributed by atoms with Crippen LogP contribution in [0.1, 0.15) is 6.92 Å². The van der Waals surface area contributed by atoms with Crippen LogP contribution >= 0.6 is 0 Å². The number of hydrogen-bond donors (Lipinski definition) is 2. The number of likely N-dealkylation sites (N-methyl/N-ethyl adjacent to an activating group) is 2. The first-order chi connectivity index (χ1) is 9.04. The fraction of sp³-hybridized carbons (Fsp3) is 0.545. The van der Waals surface area contributed by atoms with Gasteiger partial charge in [-0.15, -0.1) is 0 Å². The topological polar surface area (TPSA) is 96.6 Å². The molecule has 0 atom stereocenters. The van der Waals surface area contributed by atoms with E-state index in [1.54, 1.807) is 19.0 Å². The zero-order chi connectivity index (χ0) is 14.4. The zero-order valence-electron chi connectivity index (χ0n) is 11.7. The summed E-state index contributed by atoms with van der Waals surface area (Å²) in [7, 11) is 4.92. The van der Waals surface area contributed by atoms with Crippen molar-refractivity contribution >= 4 is 17.5 Å². The molecule has 0 aliphatic heterocycles. The average molecular weight is 268 g/mol. The molecule has 0 saturated carbocycles. The number of methoxy groups -OCH3 is 1. The number of nitrogen functional groups attached to an aromatic ring is 1. The predicted molar refractivity (Wildman–Crippen MR) is 73.0 cm³/mol. The minimum absolute atomic E-state index is 0.0234. The van der Waals surface area contributed by atoms with Crippen LogP contribution in [0.5, 0.6) is 5.75 Å². The molecule has 8 heteroatoms. The van der Waals surface area contributed by atoms with Crippen LogP contribution in [0.3, 0.4) is 0 Å². The summed E-state index contributed by atoms with van der Waals surface area (Å²) in [6, 6.07) is 0. The molecular weight excluding hydrogens is 248 g/mol. The molecular formula is C11H20N6O2. The summed E-state index contributed by atoms with van der Waals surface area (Å²) in [6.45, 7) is 2.75. The number of amides is 1. The molecule has 0 aliphatic carbocycles. The monoisotopic (exact) mass is 268 g/mol.